The van der Waals surface area contributed by atoms with Gasteiger partial charge in [-0.25, -0.2) is 0 Å². The average molecular weight is 245 g/mol. The first-order chi connectivity index (χ1) is 6.27. The van der Waals surface area contributed by atoms with Crippen molar-refractivity contribution in [2.24, 2.45) is 5.73 Å². The van der Waals surface area contributed by atoms with Gasteiger partial charge in [-0.2, -0.15) is 0 Å². The number of benzene rings is 1. The molecule has 0 fully saturated rings. The summed E-state index contributed by atoms with van der Waals surface area (Å²) in [5.41, 5.74) is 7.58. The fourth-order valence-corrected chi connectivity index (χ4v) is 1.44. The van der Waals surface area contributed by atoms with E-state index in [-0.39, 0.29) is 6.61 Å². The second kappa shape index (κ2) is 5.21. The Morgan fingerprint density at radius 3 is 2.85 bits per heavy atom. The van der Waals surface area contributed by atoms with Crippen LogP contribution in [0, 0.1) is 0 Å². The number of nitrogens with two attached hydrogens (primary N) is 1. The summed E-state index contributed by atoms with van der Waals surface area (Å²) in [7, 11) is 0. The molecule has 72 valence electrons. The van der Waals surface area contributed by atoms with Crippen molar-refractivity contribution in [3.63, 3.8) is 0 Å². The van der Waals surface area contributed by atoms with Crippen molar-refractivity contribution >= 4 is 21.6 Å². The maximum atomic E-state index is 8.66. The van der Waals surface area contributed by atoms with Crippen molar-refractivity contribution in [1.29, 1.82) is 0 Å². The van der Waals surface area contributed by atoms with Gasteiger partial charge >= 0.3 is 0 Å². The molecular formula is C9H13BrN2O. The van der Waals surface area contributed by atoms with Gasteiger partial charge in [0.2, 0.25) is 0 Å². The molecule has 0 heterocycles. The van der Waals surface area contributed by atoms with Crippen LogP contribution in [0.4, 0.5) is 5.69 Å². The molecule has 0 aliphatic heterocycles. The summed E-state index contributed by atoms with van der Waals surface area (Å²) in [6.45, 7) is 1.17. The van der Waals surface area contributed by atoms with E-state index >= 15 is 0 Å². The summed E-state index contributed by atoms with van der Waals surface area (Å²) in [5, 5.41) is 11.7. The molecule has 1 aromatic carbocycles. The van der Waals surface area contributed by atoms with Crippen molar-refractivity contribution in [3.8, 4) is 0 Å². The summed E-state index contributed by atoms with van der Waals surface area (Å²) in [5.74, 6) is 0. The van der Waals surface area contributed by atoms with Gasteiger partial charge in [-0.05, 0) is 17.7 Å². The number of nitrogens with one attached hydrogen (secondary N) is 1. The molecule has 3 nitrogen and oxygen atoms in total. The van der Waals surface area contributed by atoms with E-state index in [0.29, 0.717) is 13.1 Å². The van der Waals surface area contributed by atoms with E-state index in [1.165, 1.54) is 0 Å². The van der Waals surface area contributed by atoms with E-state index in [1.807, 2.05) is 18.2 Å². The highest BCUT2D eigenvalue weighted by Gasteiger charge is 2.00. The molecule has 0 unspecified atom stereocenters. The van der Waals surface area contributed by atoms with Gasteiger partial charge in [-0.1, -0.05) is 22.0 Å². The van der Waals surface area contributed by atoms with Crippen molar-refractivity contribution in [3.05, 3.63) is 28.2 Å². The first-order valence-corrected chi connectivity index (χ1v) is 4.90. The predicted octanol–water partition coefficient (Wildman–Crippen LogP) is 1.31. The molecule has 0 saturated heterocycles. The molecule has 4 N–H and O–H groups in total. The van der Waals surface area contributed by atoms with Gasteiger partial charge in [-0.15, -0.1) is 0 Å². The minimum Gasteiger partial charge on any atom is -0.395 e. The molecule has 1 rings (SSSR count). The topological polar surface area (TPSA) is 58.3 Å². The second-order valence-corrected chi connectivity index (χ2v) is 3.57. The van der Waals surface area contributed by atoms with Crippen molar-refractivity contribution in [2.45, 2.75) is 6.54 Å². The molecule has 0 aliphatic rings. The van der Waals surface area contributed by atoms with Crippen molar-refractivity contribution in [2.75, 3.05) is 18.5 Å². The van der Waals surface area contributed by atoms with Crippen LogP contribution >= 0.6 is 15.9 Å². The number of aliphatic hydroxyl groups is 1. The molecule has 0 radical (unpaired) electrons. The Bertz CT molecular complexity index is 278. The lowest BCUT2D eigenvalue weighted by Crippen LogP contribution is -2.09. The highest BCUT2D eigenvalue weighted by Crippen LogP contribution is 2.20. The number of anilines is 1. The Balaban J connectivity index is 2.81. The normalized spacial score (nSPS) is 10.1. The maximum Gasteiger partial charge on any atom is 0.0604 e. The number of hydrogen-bond donors (Lipinski definition) is 3. The van der Waals surface area contributed by atoms with Crippen LogP contribution in [0.1, 0.15) is 5.56 Å². The van der Waals surface area contributed by atoms with Crippen LogP contribution in [0.2, 0.25) is 0 Å². The Kier molecular flexibility index (Phi) is 4.21. The monoisotopic (exact) mass is 244 g/mol. The van der Waals surface area contributed by atoms with Crippen LogP contribution in [0.15, 0.2) is 22.7 Å². The average Bonchev–Trinajstić information content (AvgIpc) is 2.15. The molecule has 0 saturated carbocycles. The smallest absolute Gasteiger partial charge is 0.0604 e. The SMILES string of the molecule is NCc1ccc(Br)cc1NCCO. The molecule has 13 heavy (non-hydrogen) atoms. The first kappa shape index (κ1) is 10.5. The van der Waals surface area contributed by atoms with E-state index in [0.717, 1.165) is 15.7 Å². The summed E-state index contributed by atoms with van der Waals surface area (Å²) in [6.07, 6.45) is 0. The maximum absolute atomic E-state index is 8.66. The lowest BCUT2D eigenvalue weighted by Gasteiger charge is -2.09. The lowest BCUT2D eigenvalue weighted by molar-refractivity contribution is 0.311. The van der Waals surface area contributed by atoms with Crippen LogP contribution in [0.3, 0.4) is 0 Å². The fraction of sp³-hybridized carbons (Fsp3) is 0.333. The van der Waals surface area contributed by atoms with Crippen LogP contribution in [-0.4, -0.2) is 18.3 Å². The first-order valence-electron chi connectivity index (χ1n) is 4.11. The number of hydrogen-bond acceptors (Lipinski definition) is 3. The van der Waals surface area contributed by atoms with E-state index in [1.54, 1.807) is 0 Å². The van der Waals surface area contributed by atoms with E-state index < -0.39 is 0 Å². The Morgan fingerprint density at radius 1 is 1.46 bits per heavy atom. The molecule has 0 amide bonds. The number of halogens is 1. The van der Waals surface area contributed by atoms with Gasteiger partial charge in [0.25, 0.3) is 0 Å². The Morgan fingerprint density at radius 2 is 2.23 bits per heavy atom. The third-order valence-electron chi connectivity index (χ3n) is 1.72. The molecule has 0 aromatic heterocycles. The summed E-state index contributed by atoms with van der Waals surface area (Å²) in [4.78, 5) is 0. The summed E-state index contributed by atoms with van der Waals surface area (Å²) >= 11 is 3.37. The molecule has 0 aliphatic carbocycles. The third kappa shape index (κ3) is 2.99. The number of aliphatic hydroxyl groups excluding tert-OH is 1. The van der Waals surface area contributed by atoms with Gasteiger partial charge in [-0.3, -0.25) is 0 Å². The van der Waals surface area contributed by atoms with E-state index in [9.17, 15) is 0 Å². The molecule has 4 heteroatoms. The highest BCUT2D eigenvalue weighted by atomic mass is 79.9. The molecule has 0 bridgehead atoms. The molecule has 1 aromatic rings. The fourth-order valence-electron chi connectivity index (χ4n) is 1.08. The molecule has 0 spiro atoms. The zero-order valence-corrected chi connectivity index (χ0v) is 8.84. The minimum absolute atomic E-state index is 0.122. The second-order valence-electron chi connectivity index (χ2n) is 2.66. The zero-order valence-electron chi connectivity index (χ0n) is 7.26. The van der Waals surface area contributed by atoms with Crippen LogP contribution in [0.25, 0.3) is 0 Å². The Labute approximate surface area is 86.1 Å². The van der Waals surface area contributed by atoms with Gasteiger partial charge in [0, 0.05) is 23.2 Å². The van der Waals surface area contributed by atoms with Gasteiger partial charge < -0.3 is 16.2 Å². The highest BCUT2D eigenvalue weighted by molar-refractivity contribution is 9.10. The molecule has 0 atom stereocenters. The van der Waals surface area contributed by atoms with Crippen LogP contribution in [-0.2, 0) is 6.54 Å². The Hall–Kier alpha value is -0.580. The minimum atomic E-state index is 0.122. The summed E-state index contributed by atoms with van der Waals surface area (Å²) in [6, 6.07) is 5.87. The molecular weight excluding hydrogens is 232 g/mol. The van der Waals surface area contributed by atoms with Gasteiger partial charge in [0.1, 0.15) is 0 Å². The lowest BCUT2D eigenvalue weighted by atomic mass is 10.2. The largest absolute Gasteiger partial charge is 0.395 e. The summed E-state index contributed by atoms with van der Waals surface area (Å²) < 4.78 is 1.00. The van der Waals surface area contributed by atoms with Crippen LogP contribution in [0.5, 0.6) is 0 Å². The van der Waals surface area contributed by atoms with Crippen LogP contribution < -0.4 is 11.1 Å². The van der Waals surface area contributed by atoms with Gasteiger partial charge in [0.05, 0.1) is 6.61 Å². The number of rotatable bonds is 4. The predicted molar refractivity (Wildman–Crippen MR) is 57.6 cm³/mol. The van der Waals surface area contributed by atoms with Gasteiger partial charge in [0.15, 0.2) is 0 Å². The van der Waals surface area contributed by atoms with E-state index in [2.05, 4.69) is 21.2 Å². The zero-order chi connectivity index (χ0) is 9.68. The standard InChI is InChI=1S/C9H13BrN2O/c10-8-2-1-7(6-11)9(5-8)12-3-4-13/h1-2,5,12-13H,3-4,6,11H2. The quantitative estimate of drug-likeness (QED) is 0.749. The third-order valence-corrected chi connectivity index (χ3v) is 2.21. The van der Waals surface area contributed by atoms with Crippen molar-refractivity contribution < 1.29 is 5.11 Å². The van der Waals surface area contributed by atoms with E-state index in [4.69, 9.17) is 10.8 Å². The van der Waals surface area contributed by atoms with Crippen molar-refractivity contribution in [1.82, 2.24) is 0 Å².